The SMILES string of the molecule is C#CCCCN1CCc2sccc2C1C. The van der Waals surface area contributed by atoms with Crippen LogP contribution in [0, 0.1) is 12.3 Å². The van der Waals surface area contributed by atoms with Crippen molar-refractivity contribution >= 4 is 11.3 Å². The van der Waals surface area contributed by atoms with Crippen molar-refractivity contribution in [1.29, 1.82) is 0 Å². The minimum atomic E-state index is 0.581. The van der Waals surface area contributed by atoms with E-state index in [1.807, 2.05) is 11.3 Å². The Balaban J connectivity index is 1.98. The van der Waals surface area contributed by atoms with E-state index < -0.39 is 0 Å². The van der Waals surface area contributed by atoms with E-state index in [1.54, 1.807) is 4.88 Å². The Morgan fingerprint density at radius 3 is 3.33 bits per heavy atom. The number of hydrogen-bond donors (Lipinski definition) is 0. The van der Waals surface area contributed by atoms with Gasteiger partial charge in [-0.25, -0.2) is 0 Å². The molecule has 0 N–H and O–H groups in total. The lowest BCUT2D eigenvalue weighted by molar-refractivity contribution is 0.199. The molecule has 0 aromatic carbocycles. The van der Waals surface area contributed by atoms with Gasteiger partial charge in [-0.3, -0.25) is 4.90 Å². The van der Waals surface area contributed by atoms with Crippen LogP contribution in [0.4, 0.5) is 0 Å². The Bertz CT molecular complexity index is 361. The molecule has 1 aromatic heterocycles. The van der Waals surface area contributed by atoms with Crippen molar-refractivity contribution in [1.82, 2.24) is 4.90 Å². The zero-order valence-electron chi connectivity index (χ0n) is 9.20. The highest BCUT2D eigenvalue weighted by molar-refractivity contribution is 7.10. The van der Waals surface area contributed by atoms with Crippen LogP contribution >= 0.6 is 11.3 Å². The highest BCUT2D eigenvalue weighted by Gasteiger charge is 2.23. The fourth-order valence-corrected chi connectivity index (χ4v) is 3.21. The molecule has 1 atom stereocenters. The summed E-state index contributed by atoms with van der Waals surface area (Å²) in [6.45, 7) is 4.64. The van der Waals surface area contributed by atoms with Gasteiger partial charge in [0.2, 0.25) is 0 Å². The second kappa shape index (κ2) is 4.83. The smallest absolute Gasteiger partial charge is 0.0331 e. The highest BCUT2D eigenvalue weighted by Crippen LogP contribution is 2.32. The van der Waals surface area contributed by atoms with Crippen LogP contribution in [-0.2, 0) is 6.42 Å². The Kier molecular flexibility index (Phi) is 3.45. The molecular weight excluding hydrogens is 202 g/mol. The van der Waals surface area contributed by atoms with Crippen LogP contribution in [0.25, 0.3) is 0 Å². The van der Waals surface area contributed by atoms with Crippen molar-refractivity contribution in [2.45, 2.75) is 32.2 Å². The normalized spacial score (nSPS) is 20.9. The van der Waals surface area contributed by atoms with Crippen LogP contribution < -0.4 is 0 Å². The van der Waals surface area contributed by atoms with E-state index in [4.69, 9.17) is 6.42 Å². The summed E-state index contributed by atoms with van der Waals surface area (Å²) in [5, 5.41) is 2.21. The number of terminal acetylenes is 1. The third-order valence-corrected chi connectivity index (χ3v) is 4.17. The third-order valence-electron chi connectivity index (χ3n) is 3.17. The molecule has 2 heterocycles. The summed E-state index contributed by atoms with van der Waals surface area (Å²) in [5.41, 5.74) is 1.53. The van der Waals surface area contributed by atoms with Crippen molar-refractivity contribution in [2.24, 2.45) is 0 Å². The number of fused-ring (bicyclic) bond motifs is 1. The van der Waals surface area contributed by atoms with Gasteiger partial charge < -0.3 is 0 Å². The fourth-order valence-electron chi connectivity index (χ4n) is 2.25. The maximum atomic E-state index is 5.27. The first-order valence-corrected chi connectivity index (χ1v) is 6.44. The molecule has 15 heavy (non-hydrogen) atoms. The molecule has 1 aliphatic heterocycles. The predicted molar refractivity (Wildman–Crippen MR) is 66.1 cm³/mol. The minimum Gasteiger partial charge on any atom is -0.296 e. The van der Waals surface area contributed by atoms with Gasteiger partial charge in [0.25, 0.3) is 0 Å². The molecule has 1 aromatic rings. The first-order valence-electron chi connectivity index (χ1n) is 5.56. The summed E-state index contributed by atoms with van der Waals surface area (Å²) >= 11 is 1.90. The van der Waals surface area contributed by atoms with Gasteiger partial charge >= 0.3 is 0 Å². The maximum absolute atomic E-state index is 5.27. The number of unbranched alkanes of at least 4 members (excludes halogenated alkanes) is 1. The summed E-state index contributed by atoms with van der Waals surface area (Å²) in [4.78, 5) is 4.13. The molecule has 0 fully saturated rings. The summed E-state index contributed by atoms with van der Waals surface area (Å²) in [7, 11) is 0. The van der Waals surface area contributed by atoms with Gasteiger partial charge in [-0.1, -0.05) is 0 Å². The quantitative estimate of drug-likeness (QED) is 0.558. The molecule has 1 nitrogen and oxygen atoms in total. The van der Waals surface area contributed by atoms with Gasteiger partial charge in [-0.15, -0.1) is 23.7 Å². The molecule has 0 aliphatic carbocycles. The molecule has 0 amide bonds. The van der Waals surface area contributed by atoms with Gasteiger partial charge in [-0.2, -0.15) is 0 Å². The Hall–Kier alpha value is -0.780. The topological polar surface area (TPSA) is 3.24 Å². The first kappa shape index (κ1) is 10.7. The summed E-state index contributed by atoms with van der Waals surface area (Å²) in [6.07, 6.45) is 8.52. The molecule has 1 unspecified atom stereocenters. The van der Waals surface area contributed by atoms with Gasteiger partial charge in [0.1, 0.15) is 0 Å². The van der Waals surface area contributed by atoms with E-state index in [0.717, 1.165) is 19.4 Å². The highest BCUT2D eigenvalue weighted by atomic mass is 32.1. The molecule has 1 aliphatic rings. The molecule has 0 radical (unpaired) electrons. The molecule has 0 bridgehead atoms. The minimum absolute atomic E-state index is 0.581. The lowest BCUT2D eigenvalue weighted by Crippen LogP contribution is -2.33. The van der Waals surface area contributed by atoms with Crippen LogP contribution in [-0.4, -0.2) is 18.0 Å². The van der Waals surface area contributed by atoms with Crippen LogP contribution in [0.2, 0.25) is 0 Å². The average Bonchev–Trinajstić information content (AvgIpc) is 2.70. The van der Waals surface area contributed by atoms with Crippen molar-refractivity contribution in [3.05, 3.63) is 21.9 Å². The van der Waals surface area contributed by atoms with E-state index in [1.165, 1.54) is 18.5 Å². The molecule has 0 saturated carbocycles. The van der Waals surface area contributed by atoms with Crippen molar-refractivity contribution in [2.75, 3.05) is 13.1 Å². The third kappa shape index (κ3) is 2.25. The van der Waals surface area contributed by atoms with Gasteiger partial charge in [0.05, 0.1) is 0 Å². The molecule has 2 rings (SSSR count). The zero-order valence-corrected chi connectivity index (χ0v) is 10.0. The number of thiophene rings is 1. The average molecular weight is 219 g/mol. The second-order valence-corrected chi connectivity index (χ2v) is 5.07. The lowest BCUT2D eigenvalue weighted by Gasteiger charge is -2.33. The number of rotatable bonds is 3. The molecule has 0 spiro atoms. The van der Waals surface area contributed by atoms with Crippen LogP contribution in [0.3, 0.4) is 0 Å². The van der Waals surface area contributed by atoms with Crippen molar-refractivity contribution in [3.8, 4) is 12.3 Å². The maximum Gasteiger partial charge on any atom is 0.0331 e. The van der Waals surface area contributed by atoms with Crippen LogP contribution in [0.15, 0.2) is 11.4 Å². The molecule has 0 saturated heterocycles. The Morgan fingerprint density at radius 1 is 1.67 bits per heavy atom. The Morgan fingerprint density at radius 2 is 2.53 bits per heavy atom. The Labute approximate surface area is 96.1 Å². The van der Waals surface area contributed by atoms with E-state index in [0.29, 0.717) is 6.04 Å². The van der Waals surface area contributed by atoms with Crippen molar-refractivity contribution < 1.29 is 0 Å². The second-order valence-electron chi connectivity index (χ2n) is 4.07. The van der Waals surface area contributed by atoms with Gasteiger partial charge in [0.15, 0.2) is 0 Å². The van der Waals surface area contributed by atoms with E-state index in [9.17, 15) is 0 Å². The van der Waals surface area contributed by atoms with E-state index >= 15 is 0 Å². The standard InChI is InChI=1S/C13H17NS/c1-3-4-5-8-14-9-6-13-12(11(14)2)7-10-15-13/h1,7,10-11H,4-6,8-9H2,2H3. The fraction of sp³-hybridized carbons (Fsp3) is 0.538. The van der Waals surface area contributed by atoms with Crippen LogP contribution in [0.1, 0.15) is 36.2 Å². The lowest BCUT2D eigenvalue weighted by atomic mass is 10.0. The summed E-state index contributed by atoms with van der Waals surface area (Å²) in [6, 6.07) is 2.86. The molecule has 80 valence electrons. The molecular formula is C13H17NS. The van der Waals surface area contributed by atoms with Crippen molar-refractivity contribution in [3.63, 3.8) is 0 Å². The van der Waals surface area contributed by atoms with Gasteiger partial charge in [0, 0.05) is 23.9 Å². The predicted octanol–water partition coefficient (Wildman–Crippen LogP) is 3.08. The first-order chi connectivity index (χ1) is 7.33. The largest absolute Gasteiger partial charge is 0.296 e. The van der Waals surface area contributed by atoms with Crippen LogP contribution in [0.5, 0.6) is 0 Å². The monoisotopic (exact) mass is 219 g/mol. The van der Waals surface area contributed by atoms with E-state index in [-0.39, 0.29) is 0 Å². The zero-order chi connectivity index (χ0) is 10.7. The number of nitrogens with zero attached hydrogens (tertiary/aromatic N) is 1. The van der Waals surface area contributed by atoms with Gasteiger partial charge in [-0.05, 0) is 43.3 Å². The molecule has 2 heteroatoms. The number of hydrogen-bond acceptors (Lipinski definition) is 2. The summed E-state index contributed by atoms with van der Waals surface area (Å²) in [5.74, 6) is 2.71. The summed E-state index contributed by atoms with van der Waals surface area (Å²) < 4.78 is 0. The van der Waals surface area contributed by atoms with E-state index in [2.05, 4.69) is 29.2 Å².